The first kappa shape index (κ1) is 15.4. The number of nitro benzene ring substituents is 1. The molecule has 0 aliphatic carbocycles. The average Bonchev–Trinajstić information content (AvgIpc) is 3.09. The van der Waals surface area contributed by atoms with Crippen LogP contribution in [-0.2, 0) is 4.74 Å². The van der Waals surface area contributed by atoms with E-state index in [1.54, 1.807) is 16.2 Å². The average molecular weight is 333 g/mol. The number of carbonyl (C=O) groups is 1. The predicted molar refractivity (Wildman–Crippen MR) is 86.4 cm³/mol. The zero-order chi connectivity index (χ0) is 16.4. The van der Waals surface area contributed by atoms with Gasteiger partial charge in [-0.15, -0.1) is 0 Å². The SMILES string of the molecule is Nc1ccc([N+](=O)[O-])cc1C(=O)N1CCO[C@H](c2ccsc2)C1. The molecule has 1 fully saturated rings. The summed E-state index contributed by atoms with van der Waals surface area (Å²) in [6.45, 7) is 1.25. The van der Waals surface area contributed by atoms with Gasteiger partial charge >= 0.3 is 0 Å². The van der Waals surface area contributed by atoms with Crippen LogP contribution in [0, 0.1) is 10.1 Å². The van der Waals surface area contributed by atoms with Gasteiger partial charge in [-0.25, -0.2) is 0 Å². The van der Waals surface area contributed by atoms with Crippen LogP contribution in [0.5, 0.6) is 0 Å². The van der Waals surface area contributed by atoms with E-state index >= 15 is 0 Å². The molecule has 7 nitrogen and oxygen atoms in total. The molecule has 2 N–H and O–H groups in total. The minimum absolute atomic E-state index is 0.148. The number of nitro groups is 1. The number of ether oxygens (including phenoxy) is 1. The highest BCUT2D eigenvalue weighted by Gasteiger charge is 2.28. The van der Waals surface area contributed by atoms with Gasteiger partial charge in [0.25, 0.3) is 11.6 Å². The number of nitrogen functional groups attached to an aromatic ring is 1. The molecule has 1 atom stereocenters. The van der Waals surface area contributed by atoms with Crippen LogP contribution in [0.2, 0.25) is 0 Å². The zero-order valence-corrected chi connectivity index (χ0v) is 13.0. The van der Waals surface area contributed by atoms with Gasteiger partial charge in [0.2, 0.25) is 0 Å². The summed E-state index contributed by atoms with van der Waals surface area (Å²) in [7, 11) is 0. The van der Waals surface area contributed by atoms with Gasteiger partial charge in [0.15, 0.2) is 0 Å². The van der Waals surface area contributed by atoms with Crippen molar-refractivity contribution in [2.75, 3.05) is 25.4 Å². The van der Waals surface area contributed by atoms with Crippen molar-refractivity contribution in [3.8, 4) is 0 Å². The molecule has 1 aliphatic heterocycles. The summed E-state index contributed by atoms with van der Waals surface area (Å²) in [5.74, 6) is -0.310. The van der Waals surface area contributed by atoms with E-state index in [9.17, 15) is 14.9 Å². The number of amides is 1. The molecule has 0 bridgehead atoms. The first-order valence-electron chi connectivity index (χ1n) is 7.03. The van der Waals surface area contributed by atoms with E-state index in [2.05, 4.69) is 0 Å². The number of non-ortho nitro benzene ring substituents is 1. The second-order valence-electron chi connectivity index (χ2n) is 5.20. The number of nitrogens with two attached hydrogens (primary N) is 1. The van der Waals surface area contributed by atoms with Crippen molar-refractivity contribution in [2.24, 2.45) is 0 Å². The highest BCUT2D eigenvalue weighted by Crippen LogP contribution is 2.27. The molecular formula is C15H15N3O4S. The molecule has 0 unspecified atom stereocenters. The number of hydrogen-bond donors (Lipinski definition) is 1. The van der Waals surface area contributed by atoms with E-state index in [4.69, 9.17) is 10.5 Å². The lowest BCUT2D eigenvalue weighted by Gasteiger charge is -2.33. The van der Waals surface area contributed by atoms with Gasteiger partial charge in [0.1, 0.15) is 6.10 Å². The Morgan fingerprint density at radius 1 is 1.43 bits per heavy atom. The number of thiophene rings is 1. The fraction of sp³-hybridized carbons (Fsp3) is 0.267. The number of rotatable bonds is 3. The van der Waals surface area contributed by atoms with Crippen LogP contribution in [0.15, 0.2) is 35.0 Å². The predicted octanol–water partition coefficient (Wildman–Crippen LogP) is 2.45. The van der Waals surface area contributed by atoms with Crippen molar-refractivity contribution in [1.29, 1.82) is 0 Å². The number of benzene rings is 1. The smallest absolute Gasteiger partial charge is 0.270 e. The summed E-state index contributed by atoms with van der Waals surface area (Å²) >= 11 is 1.57. The van der Waals surface area contributed by atoms with Gasteiger partial charge in [-0.3, -0.25) is 14.9 Å². The third-order valence-electron chi connectivity index (χ3n) is 3.75. The molecule has 0 radical (unpaired) electrons. The lowest BCUT2D eigenvalue weighted by molar-refractivity contribution is -0.384. The standard InChI is InChI=1S/C15H15N3O4S/c16-13-2-1-11(18(20)21)7-12(13)15(19)17-4-5-22-14(8-17)10-3-6-23-9-10/h1-3,6-7,9,14H,4-5,8,16H2/t14-/m0/s1. The van der Waals surface area contributed by atoms with E-state index in [0.717, 1.165) is 5.56 Å². The zero-order valence-electron chi connectivity index (χ0n) is 12.2. The van der Waals surface area contributed by atoms with Crippen LogP contribution in [-0.4, -0.2) is 35.4 Å². The van der Waals surface area contributed by atoms with Crippen molar-refractivity contribution >= 4 is 28.6 Å². The third kappa shape index (κ3) is 3.17. The van der Waals surface area contributed by atoms with Crippen molar-refractivity contribution in [1.82, 2.24) is 4.90 Å². The maximum atomic E-state index is 12.7. The van der Waals surface area contributed by atoms with Crippen LogP contribution < -0.4 is 5.73 Å². The Kier molecular flexibility index (Phi) is 4.26. The Morgan fingerprint density at radius 3 is 2.96 bits per heavy atom. The fourth-order valence-electron chi connectivity index (χ4n) is 2.51. The molecule has 1 amide bonds. The molecule has 1 aromatic carbocycles. The maximum Gasteiger partial charge on any atom is 0.270 e. The number of carbonyl (C=O) groups excluding carboxylic acids is 1. The lowest BCUT2D eigenvalue weighted by atomic mass is 10.1. The van der Waals surface area contributed by atoms with Crippen LogP contribution in [0.4, 0.5) is 11.4 Å². The molecule has 3 rings (SSSR count). The first-order chi connectivity index (χ1) is 11.1. The number of nitrogens with zero attached hydrogens (tertiary/aromatic N) is 2. The molecular weight excluding hydrogens is 318 g/mol. The van der Waals surface area contributed by atoms with Gasteiger partial charge in [0, 0.05) is 24.4 Å². The summed E-state index contributed by atoms with van der Waals surface area (Å²) in [6, 6.07) is 5.87. The monoisotopic (exact) mass is 333 g/mol. The summed E-state index contributed by atoms with van der Waals surface area (Å²) in [5.41, 5.74) is 7.10. The summed E-state index contributed by atoms with van der Waals surface area (Å²) < 4.78 is 5.70. The fourth-order valence-corrected chi connectivity index (χ4v) is 3.21. The molecule has 1 saturated heterocycles. The summed E-state index contributed by atoms with van der Waals surface area (Å²) in [6.07, 6.45) is -0.182. The summed E-state index contributed by atoms with van der Waals surface area (Å²) in [4.78, 5) is 24.7. The molecule has 1 aromatic heterocycles. The Morgan fingerprint density at radius 2 is 2.26 bits per heavy atom. The van der Waals surface area contributed by atoms with E-state index in [-0.39, 0.29) is 28.9 Å². The molecule has 23 heavy (non-hydrogen) atoms. The lowest BCUT2D eigenvalue weighted by Crippen LogP contribution is -2.42. The minimum Gasteiger partial charge on any atom is -0.398 e. The molecule has 0 spiro atoms. The maximum absolute atomic E-state index is 12.7. The van der Waals surface area contributed by atoms with Gasteiger partial charge < -0.3 is 15.4 Å². The van der Waals surface area contributed by atoms with Gasteiger partial charge in [-0.05, 0) is 28.5 Å². The van der Waals surface area contributed by atoms with Gasteiger partial charge in [0.05, 0.1) is 23.6 Å². The highest BCUT2D eigenvalue weighted by molar-refractivity contribution is 7.07. The van der Waals surface area contributed by atoms with E-state index in [0.29, 0.717) is 19.7 Å². The molecule has 2 aromatic rings. The van der Waals surface area contributed by atoms with Gasteiger partial charge in [-0.1, -0.05) is 0 Å². The van der Waals surface area contributed by atoms with Crippen LogP contribution >= 0.6 is 11.3 Å². The Bertz CT molecular complexity index is 732. The van der Waals surface area contributed by atoms with Gasteiger partial charge in [-0.2, -0.15) is 11.3 Å². The quantitative estimate of drug-likeness (QED) is 0.528. The van der Waals surface area contributed by atoms with Crippen molar-refractivity contribution in [3.63, 3.8) is 0 Å². The normalized spacial score (nSPS) is 17.9. The number of anilines is 1. The van der Waals surface area contributed by atoms with E-state index in [1.807, 2.05) is 16.8 Å². The molecule has 0 saturated carbocycles. The summed E-state index contributed by atoms with van der Waals surface area (Å²) in [5, 5.41) is 14.8. The largest absolute Gasteiger partial charge is 0.398 e. The number of hydrogen-bond acceptors (Lipinski definition) is 6. The number of morpholine rings is 1. The Hall–Kier alpha value is -2.45. The second-order valence-corrected chi connectivity index (χ2v) is 5.98. The molecule has 120 valence electrons. The second kappa shape index (κ2) is 6.35. The molecule has 1 aliphatic rings. The topological polar surface area (TPSA) is 98.7 Å². The first-order valence-corrected chi connectivity index (χ1v) is 7.97. The van der Waals surface area contributed by atoms with Crippen LogP contribution in [0.25, 0.3) is 0 Å². The molecule has 2 heterocycles. The van der Waals surface area contributed by atoms with E-state index in [1.165, 1.54) is 18.2 Å². The minimum atomic E-state index is -0.538. The van der Waals surface area contributed by atoms with Crippen LogP contribution in [0.3, 0.4) is 0 Å². The van der Waals surface area contributed by atoms with Crippen LogP contribution in [0.1, 0.15) is 22.0 Å². The Labute approximate surface area is 136 Å². The highest BCUT2D eigenvalue weighted by atomic mass is 32.1. The van der Waals surface area contributed by atoms with E-state index < -0.39 is 4.92 Å². The van der Waals surface area contributed by atoms with Crippen molar-refractivity contribution < 1.29 is 14.5 Å². The van der Waals surface area contributed by atoms with Crippen molar-refractivity contribution in [3.05, 3.63) is 56.3 Å². The third-order valence-corrected chi connectivity index (χ3v) is 4.45. The Balaban J connectivity index is 1.82. The van der Waals surface area contributed by atoms with Crippen molar-refractivity contribution in [2.45, 2.75) is 6.10 Å². The molecule has 8 heteroatoms.